The van der Waals surface area contributed by atoms with Gasteiger partial charge in [-0.2, -0.15) is 5.26 Å². The highest BCUT2D eigenvalue weighted by molar-refractivity contribution is 6.33. The lowest BCUT2D eigenvalue weighted by Crippen LogP contribution is -2.41. The van der Waals surface area contributed by atoms with Crippen molar-refractivity contribution in [2.45, 2.75) is 50.6 Å². The van der Waals surface area contributed by atoms with Gasteiger partial charge >= 0.3 is 0 Å². The SMILES string of the molecule is CNC(=O)CNC1CCC(Nc2cc(-c3cccc(NCC4(C#N)CCOCC4)n3)c(Cl)cn2)CC1. The minimum absolute atomic E-state index is 0.00850. The maximum Gasteiger partial charge on any atom is 0.233 e. The number of halogens is 1. The Hall–Kier alpha value is -2.93. The van der Waals surface area contributed by atoms with Crippen LogP contribution in [-0.2, 0) is 9.53 Å². The molecular weight excluding hydrogens is 478 g/mol. The second-order valence-electron chi connectivity index (χ2n) is 9.56. The van der Waals surface area contributed by atoms with Crippen molar-refractivity contribution in [1.82, 2.24) is 20.6 Å². The van der Waals surface area contributed by atoms with E-state index in [4.69, 9.17) is 21.3 Å². The molecule has 1 amide bonds. The number of amides is 1. The first-order valence-electron chi connectivity index (χ1n) is 12.6. The molecular formula is C26H34ClN7O2. The number of ether oxygens (including phenoxy) is 1. The number of nitrogens with one attached hydrogen (secondary N) is 4. The standard InChI is InChI=1S/C26H34ClN7O2/c1-29-25(35)15-30-18-5-7-19(8-6-18)33-24-13-20(21(27)14-31-24)22-3-2-4-23(34-22)32-17-26(16-28)9-11-36-12-10-26/h2-4,13-14,18-19,30H,5-12,15,17H2,1H3,(H,29,35)(H,31,33)(H,32,34). The summed E-state index contributed by atoms with van der Waals surface area (Å²) in [6.07, 6.45) is 7.08. The van der Waals surface area contributed by atoms with Gasteiger partial charge in [0.25, 0.3) is 0 Å². The lowest BCUT2D eigenvalue weighted by Gasteiger charge is -2.30. The summed E-state index contributed by atoms with van der Waals surface area (Å²) in [6, 6.07) is 10.9. The average Bonchev–Trinajstić information content (AvgIpc) is 2.93. The Balaban J connectivity index is 1.37. The molecule has 2 fully saturated rings. The molecule has 0 spiro atoms. The number of carbonyl (C=O) groups excluding carboxylic acids is 1. The fourth-order valence-electron chi connectivity index (χ4n) is 4.72. The van der Waals surface area contributed by atoms with Crippen LogP contribution >= 0.6 is 11.6 Å². The predicted octanol–water partition coefficient (Wildman–Crippen LogP) is 3.59. The fraction of sp³-hybridized carbons (Fsp3) is 0.538. The van der Waals surface area contributed by atoms with Gasteiger partial charge in [-0.1, -0.05) is 17.7 Å². The minimum atomic E-state index is -0.432. The van der Waals surface area contributed by atoms with Gasteiger partial charge in [0.1, 0.15) is 11.6 Å². The first-order valence-corrected chi connectivity index (χ1v) is 12.9. The van der Waals surface area contributed by atoms with Gasteiger partial charge in [0.05, 0.1) is 28.7 Å². The number of nitriles is 1. The smallest absolute Gasteiger partial charge is 0.233 e. The molecule has 0 radical (unpaired) electrons. The molecule has 0 aromatic carbocycles. The van der Waals surface area contributed by atoms with E-state index in [1.54, 1.807) is 13.2 Å². The highest BCUT2D eigenvalue weighted by Crippen LogP contribution is 2.32. The number of nitrogens with zero attached hydrogens (tertiary/aromatic N) is 3. The Kier molecular flexibility index (Phi) is 8.97. The van der Waals surface area contributed by atoms with Gasteiger partial charge < -0.3 is 26.0 Å². The van der Waals surface area contributed by atoms with Crippen LogP contribution in [0.5, 0.6) is 0 Å². The summed E-state index contributed by atoms with van der Waals surface area (Å²) in [6.45, 7) is 2.10. The summed E-state index contributed by atoms with van der Waals surface area (Å²) in [5, 5.41) is 23.1. The maximum absolute atomic E-state index is 11.5. The Morgan fingerprint density at radius 1 is 1.19 bits per heavy atom. The van der Waals surface area contributed by atoms with Crippen molar-refractivity contribution in [2.24, 2.45) is 5.41 Å². The van der Waals surface area contributed by atoms with Crippen LogP contribution in [0.15, 0.2) is 30.5 Å². The highest BCUT2D eigenvalue weighted by Gasteiger charge is 2.32. The van der Waals surface area contributed by atoms with Crippen molar-refractivity contribution in [2.75, 3.05) is 44.0 Å². The molecule has 1 saturated heterocycles. The molecule has 3 heterocycles. The molecule has 2 aromatic rings. The van der Waals surface area contributed by atoms with E-state index in [2.05, 4.69) is 32.3 Å². The normalized spacial score (nSPS) is 21.2. The van der Waals surface area contributed by atoms with E-state index in [9.17, 15) is 10.1 Å². The fourth-order valence-corrected chi connectivity index (χ4v) is 4.92. The molecule has 4 rings (SSSR count). The topological polar surface area (TPSA) is 124 Å². The second kappa shape index (κ2) is 12.3. The predicted molar refractivity (Wildman–Crippen MR) is 141 cm³/mol. The minimum Gasteiger partial charge on any atom is -0.381 e. The zero-order valence-electron chi connectivity index (χ0n) is 20.6. The van der Waals surface area contributed by atoms with Crippen molar-refractivity contribution < 1.29 is 9.53 Å². The monoisotopic (exact) mass is 511 g/mol. The average molecular weight is 512 g/mol. The number of hydrogen-bond donors (Lipinski definition) is 4. The summed E-state index contributed by atoms with van der Waals surface area (Å²) in [5.41, 5.74) is 1.12. The Morgan fingerprint density at radius 2 is 1.94 bits per heavy atom. The molecule has 1 aliphatic heterocycles. The molecule has 0 bridgehead atoms. The molecule has 2 aromatic heterocycles. The number of rotatable bonds is 9. The molecule has 1 aliphatic carbocycles. The number of carbonyl (C=O) groups is 1. The van der Waals surface area contributed by atoms with Gasteiger partial charge in [0.15, 0.2) is 0 Å². The maximum atomic E-state index is 11.5. The van der Waals surface area contributed by atoms with E-state index < -0.39 is 5.41 Å². The number of likely N-dealkylation sites (N-methyl/N-ethyl adjacent to an activating group) is 1. The van der Waals surface area contributed by atoms with Crippen LogP contribution in [0.4, 0.5) is 11.6 Å². The molecule has 1 saturated carbocycles. The Morgan fingerprint density at radius 3 is 2.67 bits per heavy atom. The van der Waals surface area contributed by atoms with Gasteiger partial charge in [0.2, 0.25) is 5.91 Å². The molecule has 0 unspecified atom stereocenters. The molecule has 0 atom stereocenters. The van der Waals surface area contributed by atoms with Gasteiger partial charge in [-0.25, -0.2) is 9.97 Å². The third-order valence-corrected chi connectivity index (χ3v) is 7.39. The molecule has 192 valence electrons. The summed E-state index contributed by atoms with van der Waals surface area (Å²) < 4.78 is 5.42. The van der Waals surface area contributed by atoms with E-state index in [-0.39, 0.29) is 5.91 Å². The second-order valence-corrected chi connectivity index (χ2v) is 9.97. The van der Waals surface area contributed by atoms with Gasteiger partial charge in [-0.3, -0.25) is 4.79 Å². The first kappa shape index (κ1) is 26.1. The van der Waals surface area contributed by atoms with Crippen molar-refractivity contribution in [3.8, 4) is 17.3 Å². The van der Waals surface area contributed by atoms with Crippen molar-refractivity contribution in [3.05, 3.63) is 35.5 Å². The number of hydrogen-bond acceptors (Lipinski definition) is 8. The summed E-state index contributed by atoms with van der Waals surface area (Å²) in [7, 11) is 1.65. The van der Waals surface area contributed by atoms with Crippen LogP contribution < -0.4 is 21.3 Å². The highest BCUT2D eigenvalue weighted by atomic mass is 35.5. The quantitative estimate of drug-likeness (QED) is 0.402. The van der Waals surface area contributed by atoms with Crippen LogP contribution in [0.1, 0.15) is 38.5 Å². The molecule has 9 nitrogen and oxygen atoms in total. The number of aromatic nitrogens is 2. The Labute approximate surface area is 217 Å². The number of anilines is 2. The lowest BCUT2D eigenvalue weighted by atomic mass is 9.82. The van der Waals surface area contributed by atoms with Crippen molar-refractivity contribution >= 4 is 29.1 Å². The first-order chi connectivity index (χ1) is 17.5. The van der Waals surface area contributed by atoms with Crippen molar-refractivity contribution in [3.63, 3.8) is 0 Å². The third-order valence-electron chi connectivity index (χ3n) is 7.08. The zero-order chi connectivity index (χ0) is 25.4. The molecule has 2 aliphatic rings. The van der Waals surface area contributed by atoms with Gasteiger partial charge in [-0.15, -0.1) is 0 Å². The lowest BCUT2D eigenvalue weighted by molar-refractivity contribution is -0.119. The van der Waals surface area contributed by atoms with Crippen LogP contribution in [0.3, 0.4) is 0 Å². The van der Waals surface area contributed by atoms with E-state index in [1.165, 1.54) is 0 Å². The number of pyridine rings is 2. The van der Waals surface area contributed by atoms with Crippen LogP contribution in [0.2, 0.25) is 5.02 Å². The largest absolute Gasteiger partial charge is 0.381 e. The Bertz CT molecular complexity index is 1080. The van der Waals surface area contributed by atoms with E-state index >= 15 is 0 Å². The van der Waals surface area contributed by atoms with Crippen molar-refractivity contribution in [1.29, 1.82) is 5.26 Å². The molecule has 4 N–H and O–H groups in total. The van der Waals surface area contributed by atoms with Crippen LogP contribution in [0.25, 0.3) is 11.3 Å². The zero-order valence-corrected chi connectivity index (χ0v) is 21.4. The van der Waals surface area contributed by atoms with E-state index in [0.717, 1.165) is 42.8 Å². The summed E-state index contributed by atoms with van der Waals surface area (Å²) in [5.74, 6) is 1.48. The molecule has 10 heteroatoms. The van der Waals surface area contributed by atoms with E-state index in [1.807, 2.05) is 24.3 Å². The molecule has 36 heavy (non-hydrogen) atoms. The van der Waals surface area contributed by atoms with Gasteiger partial charge in [0, 0.05) is 50.7 Å². The van der Waals surface area contributed by atoms with Crippen LogP contribution in [-0.4, -0.2) is 61.3 Å². The third kappa shape index (κ3) is 6.84. The summed E-state index contributed by atoms with van der Waals surface area (Å²) >= 11 is 6.51. The van der Waals surface area contributed by atoms with E-state index in [0.29, 0.717) is 62.1 Å². The van der Waals surface area contributed by atoms with Gasteiger partial charge in [-0.05, 0) is 56.7 Å². The summed E-state index contributed by atoms with van der Waals surface area (Å²) in [4.78, 5) is 20.7. The van der Waals surface area contributed by atoms with Crippen LogP contribution in [0, 0.1) is 16.7 Å².